The summed E-state index contributed by atoms with van der Waals surface area (Å²) in [6.07, 6.45) is -4.37. The van der Waals surface area contributed by atoms with Crippen LogP contribution in [0.4, 0.5) is 18.9 Å². The lowest BCUT2D eigenvalue weighted by Crippen LogP contribution is -2.14. The van der Waals surface area contributed by atoms with Crippen LogP contribution < -0.4 is 4.72 Å². The number of anilines is 1. The van der Waals surface area contributed by atoms with Crippen molar-refractivity contribution in [2.24, 2.45) is 0 Å². The topological polar surface area (TPSA) is 32.3 Å². The zero-order valence-electron chi connectivity index (χ0n) is 11.5. The summed E-state index contributed by atoms with van der Waals surface area (Å²) in [5.74, 6) is 0. The molecule has 0 amide bonds. The van der Waals surface area contributed by atoms with Gasteiger partial charge in [0, 0.05) is 0 Å². The SMILES string of the molecule is Cc1ccc(N[S+](O)c2ccc(C(F)(F)F)cc2)c(C)c1. The van der Waals surface area contributed by atoms with Crippen LogP contribution in [0, 0.1) is 13.8 Å². The molecule has 0 heterocycles. The van der Waals surface area contributed by atoms with E-state index in [2.05, 4.69) is 4.72 Å². The quantitative estimate of drug-likeness (QED) is 0.798. The Hall–Kier alpha value is -1.66. The summed E-state index contributed by atoms with van der Waals surface area (Å²) in [6.45, 7) is 3.87. The highest BCUT2D eigenvalue weighted by Crippen LogP contribution is 2.30. The number of hydrogen-bond donors (Lipinski definition) is 2. The van der Waals surface area contributed by atoms with Gasteiger partial charge in [0.25, 0.3) is 0 Å². The molecule has 112 valence electrons. The van der Waals surface area contributed by atoms with Crippen LogP contribution >= 0.6 is 0 Å². The second-order valence-corrected chi connectivity index (χ2v) is 5.97. The Kier molecular flexibility index (Phi) is 4.49. The van der Waals surface area contributed by atoms with Gasteiger partial charge in [0.15, 0.2) is 0 Å². The Bertz CT molecular complexity index is 626. The minimum absolute atomic E-state index is 0.406. The lowest BCUT2D eigenvalue weighted by Gasteiger charge is -2.08. The molecule has 0 spiro atoms. The van der Waals surface area contributed by atoms with Gasteiger partial charge in [-0.05, 0) is 49.7 Å². The van der Waals surface area contributed by atoms with Crippen LogP contribution in [0.3, 0.4) is 0 Å². The highest BCUT2D eigenvalue weighted by atomic mass is 32.2. The normalized spacial score (nSPS) is 13.0. The molecule has 1 unspecified atom stereocenters. The molecule has 0 fully saturated rings. The maximum atomic E-state index is 12.5. The predicted molar refractivity (Wildman–Crippen MR) is 79.2 cm³/mol. The van der Waals surface area contributed by atoms with E-state index in [1.165, 1.54) is 12.1 Å². The Labute approximate surface area is 124 Å². The second-order valence-electron chi connectivity index (χ2n) is 4.73. The molecule has 2 aromatic carbocycles. The summed E-state index contributed by atoms with van der Waals surface area (Å²) in [7, 11) is 0. The van der Waals surface area contributed by atoms with Gasteiger partial charge in [-0.25, -0.2) is 0 Å². The first-order valence-electron chi connectivity index (χ1n) is 6.22. The van der Waals surface area contributed by atoms with E-state index in [0.717, 1.165) is 28.9 Å². The second kappa shape index (κ2) is 5.99. The van der Waals surface area contributed by atoms with Gasteiger partial charge in [-0.2, -0.15) is 22.4 Å². The highest BCUT2D eigenvalue weighted by Gasteiger charge is 2.31. The van der Waals surface area contributed by atoms with Crippen molar-refractivity contribution in [3.05, 3.63) is 59.2 Å². The van der Waals surface area contributed by atoms with Gasteiger partial charge in [0.1, 0.15) is 0 Å². The number of rotatable bonds is 3. The van der Waals surface area contributed by atoms with Crippen LogP contribution in [-0.4, -0.2) is 4.55 Å². The summed E-state index contributed by atoms with van der Waals surface area (Å²) in [5, 5.41) is 0. The fraction of sp³-hybridized carbons (Fsp3) is 0.200. The fourth-order valence-electron chi connectivity index (χ4n) is 1.86. The summed E-state index contributed by atoms with van der Waals surface area (Å²) in [5.41, 5.74) is 2.10. The number of alkyl halides is 3. The van der Waals surface area contributed by atoms with E-state index < -0.39 is 23.1 Å². The first-order chi connectivity index (χ1) is 9.77. The minimum atomic E-state index is -4.37. The van der Waals surface area contributed by atoms with Crippen molar-refractivity contribution >= 4 is 17.0 Å². The Morgan fingerprint density at radius 3 is 2.14 bits per heavy atom. The van der Waals surface area contributed by atoms with Gasteiger partial charge >= 0.3 is 17.5 Å². The summed E-state index contributed by atoms with van der Waals surface area (Å²) in [6, 6.07) is 10.2. The van der Waals surface area contributed by atoms with Gasteiger partial charge < -0.3 is 0 Å². The standard InChI is InChI=1S/C15H15F3NOS/c1-10-3-8-14(11(2)9-10)19-21(20)13-6-4-12(5-7-13)15(16,17)18/h3-9,19-20H,1-2H3/q+1. The maximum Gasteiger partial charge on any atom is 0.416 e. The molecule has 2 N–H and O–H groups in total. The van der Waals surface area contributed by atoms with Gasteiger partial charge in [0.05, 0.1) is 11.3 Å². The van der Waals surface area contributed by atoms with Crippen molar-refractivity contribution in [1.82, 2.24) is 0 Å². The maximum absolute atomic E-state index is 12.5. The Morgan fingerprint density at radius 1 is 1.00 bits per heavy atom. The number of hydrogen-bond acceptors (Lipinski definition) is 2. The molecule has 2 nitrogen and oxygen atoms in total. The number of halogens is 3. The molecule has 0 aromatic heterocycles. The Morgan fingerprint density at radius 2 is 1.62 bits per heavy atom. The van der Waals surface area contributed by atoms with Crippen molar-refractivity contribution in [3.8, 4) is 0 Å². The summed E-state index contributed by atoms with van der Waals surface area (Å²) >= 11 is -1.35. The van der Waals surface area contributed by atoms with E-state index in [1.54, 1.807) is 0 Å². The van der Waals surface area contributed by atoms with E-state index in [0.29, 0.717) is 4.90 Å². The van der Waals surface area contributed by atoms with Crippen LogP contribution in [0.1, 0.15) is 16.7 Å². The zero-order chi connectivity index (χ0) is 15.6. The van der Waals surface area contributed by atoms with Crippen molar-refractivity contribution in [2.45, 2.75) is 24.9 Å². The molecule has 0 aliphatic heterocycles. The van der Waals surface area contributed by atoms with Crippen LogP contribution in [0.25, 0.3) is 0 Å². The first kappa shape index (κ1) is 15.7. The summed E-state index contributed by atoms with van der Waals surface area (Å²) in [4.78, 5) is 0.406. The van der Waals surface area contributed by atoms with Gasteiger partial charge in [-0.15, -0.1) is 0 Å². The minimum Gasteiger partial charge on any atom is -0.172 e. The van der Waals surface area contributed by atoms with E-state index >= 15 is 0 Å². The molecule has 2 aromatic rings. The predicted octanol–water partition coefficient (Wildman–Crippen LogP) is 4.80. The monoisotopic (exact) mass is 314 g/mol. The third-order valence-electron chi connectivity index (χ3n) is 2.99. The highest BCUT2D eigenvalue weighted by molar-refractivity contribution is 7.92. The number of benzene rings is 2. The molecular formula is C15H15F3NOS+. The zero-order valence-corrected chi connectivity index (χ0v) is 12.3. The smallest absolute Gasteiger partial charge is 0.172 e. The molecule has 0 aliphatic carbocycles. The molecule has 1 atom stereocenters. The Balaban J connectivity index is 2.15. The molecule has 0 bridgehead atoms. The van der Waals surface area contributed by atoms with Crippen LogP contribution in [0.5, 0.6) is 0 Å². The van der Waals surface area contributed by atoms with Gasteiger partial charge in [-0.3, -0.25) is 0 Å². The third-order valence-corrected chi connectivity index (χ3v) is 4.13. The van der Waals surface area contributed by atoms with Crippen molar-refractivity contribution in [2.75, 3.05) is 4.72 Å². The fourth-order valence-corrected chi connectivity index (χ4v) is 2.81. The molecular weight excluding hydrogens is 299 g/mol. The van der Waals surface area contributed by atoms with Gasteiger partial charge in [-0.1, -0.05) is 17.7 Å². The van der Waals surface area contributed by atoms with E-state index in [-0.39, 0.29) is 0 Å². The van der Waals surface area contributed by atoms with Crippen LogP contribution in [0.2, 0.25) is 0 Å². The van der Waals surface area contributed by atoms with E-state index in [1.807, 2.05) is 32.0 Å². The van der Waals surface area contributed by atoms with Crippen LogP contribution in [0.15, 0.2) is 47.4 Å². The van der Waals surface area contributed by atoms with E-state index in [9.17, 15) is 17.7 Å². The molecule has 21 heavy (non-hydrogen) atoms. The lowest BCUT2D eigenvalue weighted by molar-refractivity contribution is -0.137. The van der Waals surface area contributed by atoms with Crippen molar-refractivity contribution in [1.29, 1.82) is 0 Å². The lowest BCUT2D eigenvalue weighted by atomic mass is 10.1. The molecule has 6 heteroatoms. The molecule has 0 aliphatic rings. The third kappa shape index (κ3) is 3.92. The average Bonchev–Trinajstić information content (AvgIpc) is 2.41. The van der Waals surface area contributed by atoms with Crippen molar-refractivity contribution in [3.63, 3.8) is 0 Å². The molecule has 0 saturated heterocycles. The molecule has 2 rings (SSSR count). The average molecular weight is 314 g/mol. The van der Waals surface area contributed by atoms with Crippen molar-refractivity contribution < 1.29 is 17.7 Å². The van der Waals surface area contributed by atoms with Gasteiger partial charge in [0.2, 0.25) is 4.90 Å². The summed E-state index contributed by atoms with van der Waals surface area (Å²) < 4.78 is 50.5. The molecule has 0 radical (unpaired) electrons. The van der Waals surface area contributed by atoms with Crippen LogP contribution in [-0.2, 0) is 17.5 Å². The van der Waals surface area contributed by atoms with E-state index in [4.69, 9.17) is 0 Å². The molecule has 0 saturated carbocycles. The largest absolute Gasteiger partial charge is 0.416 e. The first-order valence-corrected chi connectivity index (χ1v) is 7.40. The number of aryl methyl sites for hydroxylation is 2. The number of nitrogens with one attached hydrogen (secondary N) is 1.